The van der Waals surface area contributed by atoms with E-state index >= 15 is 0 Å². The Morgan fingerprint density at radius 1 is 1.04 bits per heavy atom. The van der Waals surface area contributed by atoms with E-state index in [1.165, 1.54) is 0 Å². The molecule has 0 aliphatic carbocycles. The van der Waals surface area contributed by atoms with Gasteiger partial charge in [0.15, 0.2) is 5.78 Å². The third-order valence-electron chi connectivity index (χ3n) is 3.81. The van der Waals surface area contributed by atoms with Crippen LogP contribution in [-0.4, -0.2) is 23.9 Å². The van der Waals surface area contributed by atoms with Crippen molar-refractivity contribution >= 4 is 11.7 Å². The average molecular weight is 349 g/mol. The van der Waals surface area contributed by atoms with Gasteiger partial charge in [0.25, 0.3) is 0 Å². The summed E-state index contributed by atoms with van der Waals surface area (Å²) in [6.45, 7) is 3.57. The first-order valence-electron chi connectivity index (χ1n) is 7.71. The smallest absolute Gasteiger partial charge is 0.338 e. The number of amides is 1. The van der Waals surface area contributed by atoms with Crippen molar-refractivity contribution in [2.75, 3.05) is 0 Å². The summed E-state index contributed by atoms with van der Waals surface area (Å²) in [5, 5.41) is 1.83. The molecule has 0 unspecified atom stereocenters. The molecule has 3 nitrogen and oxygen atoms in total. The van der Waals surface area contributed by atoms with E-state index in [0.717, 1.165) is 5.56 Å². The third kappa shape index (κ3) is 4.92. The van der Waals surface area contributed by atoms with Crippen molar-refractivity contribution < 1.29 is 22.8 Å². The molecule has 2 aromatic carbocycles. The summed E-state index contributed by atoms with van der Waals surface area (Å²) in [5.74, 6) is -2.66. The molecule has 0 saturated heterocycles. The molecule has 0 fully saturated rings. The van der Waals surface area contributed by atoms with E-state index in [0.29, 0.717) is 16.7 Å². The van der Waals surface area contributed by atoms with Gasteiger partial charge in [-0.3, -0.25) is 9.59 Å². The number of aryl methyl sites for hydroxylation is 2. The van der Waals surface area contributed by atoms with Crippen LogP contribution < -0.4 is 5.32 Å². The Bertz CT molecular complexity index is 770. The second-order valence-corrected chi connectivity index (χ2v) is 5.90. The Labute approximate surface area is 143 Å². The molecule has 0 saturated carbocycles. The van der Waals surface area contributed by atoms with Crippen LogP contribution in [0.1, 0.15) is 27.0 Å². The number of alkyl halides is 3. The lowest BCUT2D eigenvalue weighted by Gasteiger charge is -2.20. The second kappa shape index (κ2) is 7.51. The Balaban J connectivity index is 2.32. The van der Waals surface area contributed by atoms with Gasteiger partial charge in [-0.25, -0.2) is 0 Å². The molecule has 0 heterocycles. The van der Waals surface area contributed by atoms with Gasteiger partial charge in [0.2, 0.25) is 0 Å². The van der Waals surface area contributed by atoms with E-state index in [1.807, 2.05) is 12.2 Å². The number of Topliss-reactive ketones (excluding diaryl/α,β-unsaturated/α-hetero) is 1. The minimum atomic E-state index is -5.04. The van der Waals surface area contributed by atoms with Crippen molar-refractivity contribution in [1.82, 2.24) is 5.32 Å². The maximum atomic E-state index is 12.8. The lowest BCUT2D eigenvalue weighted by Crippen LogP contribution is -2.48. The lowest BCUT2D eigenvalue weighted by atomic mass is 9.94. The maximum absolute atomic E-state index is 12.8. The number of carbonyl (C=O) groups is 2. The van der Waals surface area contributed by atoms with E-state index in [1.54, 1.807) is 55.5 Å². The van der Waals surface area contributed by atoms with E-state index in [4.69, 9.17) is 0 Å². The first-order valence-corrected chi connectivity index (χ1v) is 7.71. The molecule has 2 aromatic rings. The van der Waals surface area contributed by atoms with Gasteiger partial charge in [0.05, 0.1) is 6.04 Å². The minimum absolute atomic E-state index is 0.0190. The largest absolute Gasteiger partial charge is 0.471 e. The summed E-state index contributed by atoms with van der Waals surface area (Å²) < 4.78 is 37.9. The highest BCUT2D eigenvalue weighted by molar-refractivity contribution is 6.03. The molecule has 0 bridgehead atoms. The number of halogens is 3. The van der Waals surface area contributed by atoms with Gasteiger partial charge in [0.1, 0.15) is 0 Å². The van der Waals surface area contributed by atoms with Crippen molar-refractivity contribution in [2.45, 2.75) is 32.5 Å². The van der Waals surface area contributed by atoms with Crippen LogP contribution in [0.2, 0.25) is 0 Å². The first-order chi connectivity index (χ1) is 11.7. The summed E-state index contributed by atoms with van der Waals surface area (Å²) in [5.41, 5.74) is 2.56. The standard InChI is InChI=1S/C19H18F3NO2/c1-12-8-9-15(13(2)10-12)17(24)16(23-18(25)19(20,21)22)11-14-6-4-3-5-7-14/h3-10,16H,11H2,1-2H3,(H,23,25)/t16-/m1/s1. The molecule has 132 valence electrons. The van der Waals surface area contributed by atoms with Crippen LogP contribution in [0, 0.1) is 13.8 Å². The zero-order valence-electron chi connectivity index (χ0n) is 13.9. The molecule has 25 heavy (non-hydrogen) atoms. The van der Waals surface area contributed by atoms with Crippen LogP contribution >= 0.6 is 0 Å². The Morgan fingerprint density at radius 2 is 1.68 bits per heavy atom. The van der Waals surface area contributed by atoms with E-state index in [-0.39, 0.29) is 6.42 Å². The third-order valence-corrected chi connectivity index (χ3v) is 3.81. The highest BCUT2D eigenvalue weighted by Gasteiger charge is 2.41. The van der Waals surface area contributed by atoms with Crippen LogP contribution in [0.3, 0.4) is 0 Å². The Morgan fingerprint density at radius 3 is 2.24 bits per heavy atom. The zero-order valence-corrected chi connectivity index (χ0v) is 13.9. The molecular weight excluding hydrogens is 331 g/mol. The summed E-state index contributed by atoms with van der Waals surface area (Å²) >= 11 is 0. The van der Waals surface area contributed by atoms with Crippen molar-refractivity contribution in [1.29, 1.82) is 0 Å². The van der Waals surface area contributed by atoms with Gasteiger partial charge < -0.3 is 5.32 Å². The summed E-state index contributed by atoms with van der Waals surface area (Å²) in [7, 11) is 0. The van der Waals surface area contributed by atoms with Gasteiger partial charge in [0, 0.05) is 12.0 Å². The Hall–Kier alpha value is -2.63. The number of benzene rings is 2. The fraction of sp³-hybridized carbons (Fsp3) is 0.263. The molecule has 0 aliphatic heterocycles. The molecule has 1 atom stereocenters. The van der Waals surface area contributed by atoms with E-state index < -0.39 is 23.9 Å². The van der Waals surface area contributed by atoms with E-state index in [2.05, 4.69) is 0 Å². The second-order valence-electron chi connectivity index (χ2n) is 5.90. The lowest BCUT2D eigenvalue weighted by molar-refractivity contribution is -0.174. The minimum Gasteiger partial charge on any atom is -0.338 e. The summed E-state index contributed by atoms with van der Waals surface area (Å²) in [6, 6.07) is 12.4. The highest BCUT2D eigenvalue weighted by Crippen LogP contribution is 2.18. The fourth-order valence-electron chi connectivity index (χ4n) is 2.58. The summed E-state index contributed by atoms with van der Waals surface area (Å²) in [6.07, 6.45) is -5.06. The van der Waals surface area contributed by atoms with Crippen molar-refractivity contribution in [3.05, 3.63) is 70.8 Å². The van der Waals surface area contributed by atoms with Crippen molar-refractivity contribution in [2.24, 2.45) is 0 Å². The SMILES string of the molecule is Cc1ccc(C(=O)[C@@H](Cc2ccccc2)NC(=O)C(F)(F)F)c(C)c1. The molecule has 0 spiro atoms. The van der Waals surface area contributed by atoms with Gasteiger partial charge in [-0.15, -0.1) is 0 Å². The zero-order chi connectivity index (χ0) is 18.6. The van der Waals surface area contributed by atoms with Crippen LogP contribution in [0.5, 0.6) is 0 Å². The molecular formula is C19H18F3NO2. The topological polar surface area (TPSA) is 46.2 Å². The normalized spacial score (nSPS) is 12.5. The molecule has 1 amide bonds. The molecule has 0 aromatic heterocycles. The number of hydrogen-bond acceptors (Lipinski definition) is 2. The van der Waals surface area contributed by atoms with Gasteiger partial charge >= 0.3 is 12.1 Å². The first kappa shape index (κ1) is 18.7. The van der Waals surface area contributed by atoms with Crippen LogP contribution in [-0.2, 0) is 11.2 Å². The number of hydrogen-bond donors (Lipinski definition) is 1. The predicted molar refractivity (Wildman–Crippen MR) is 88.4 cm³/mol. The van der Waals surface area contributed by atoms with Crippen LogP contribution in [0.4, 0.5) is 13.2 Å². The van der Waals surface area contributed by atoms with Gasteiger partial charge in [-0.05, 0) is 25.0 Å². The van der Waals surface area contributed by atoms with Crippen molar-refractivity contribution in [3.8, 4) is 0 Å². The number of nitrogens with one attached hydrogen (secondary N) is 1. The van der Waals surface area contributed by atoms with Crippen LogP contribution in [0.15, 0.2) is 48.5 Å². The molecule has 1 N–H and O–H groups in total. The molecule has 2 rings (SSSR count). The number of carbonyl (C=O) groups excluding carboxylic acids is 2. The molecule has 0 radical (unpaired) electrons. The fourth-order valence-corrected chi connectivity index (χ4v) is 2.58. The van der Waals surface area contributed by atoms with E-state index in [9.17, 15) is 22.8 Å². The molecule has 6 heteroatoms. The summed E-state index contributed by atoms with van der Waals surface area (Å²) in [4.78, 5) is 24.1. The molecule has 0 aliphatic rings. The maximum Gasteiger partial charge on any atom is 0.471 e. The predicted octanol–water partition coefficient (Wildman–Crippen LogP) is 3.78. The number of ketones is 1. The van der Waals surface area contributed by atoms with Gasteiger partial charge in [-0.1, -0.05) is 54.1 Å². The number of rotatable bonds is 5. The quantitative estimate of drug-likeness (QED) is 0.835. The van der Waals surface area contributed by atoms with Gasteiger partial charge in [-0.2, -0.15) is 13.2 Å². The Kier molecular flexibility index (Phi) is 5.62. The van der Waals surface area contributed by atoms with Crippen molar-refractivity contribution in [3.63, 3.8) is 0 Å². The van der Waals surface area contributed by atoms with Crippen LogP contribution in [0.25, 0.3) is 0 Å². The average Bonchev–Trinajstić information content (AvgIpc) is 2.53. The highest BCUT2D eigenvalue weighted by atomic mass is 19.4. The monoisotopic (exact) mass is 349 g/mol.